The molecule has 0 aromatic heterocycles. The normalized spacial score (nSPS) is 22.5. The Hall–Kier alpha value is -0.570. The van der Waals surface area contributed by atoms with Gasteiger partial charge in [-0.25, -0.2) is 0 Å². The second-order valence-corrected chi connectivity index (χ2v) is 7.63. The van der Waals surface area contributed by atoms with Crippen LogP contribution in [0, 0.1) is 5.41 Å². The van der Waals surface area contributed by atoms with Crippen LogP contribution < -0.4 is 0 Å². The molecule has 2 aliphatic rings. The van der Waals surface area contributed by atoms with Crippen molar-refractivity contribution in [3.05, 3.63) is 0 Å². The summed E-state index contributed by atoms with van der Waals surface area (Å²) in [7, 11) is 1.51. The Morgan fingerprint density at radius 3 is 1.76 bits per heavy atom. The largest absolute Gasteiger partial charge is 0.469 e. The van der Waals surface area contributed by atoms with Gasteiger partial charge in [0.05, 0.1) is 12.5 Å². The Kier molecular flexibility index (Phi) is 6.09. The molecule has 0 spiro atoms. The molecule has 0 heterocycles. The van der Waals surface area contributed by atoms with Crippen LogP contribution in [0.2, 0.25) is 0 Å². The number of carbonyl (C=O) groups is 1. The second-order valence-electron chi connectivity index (χ2n) is 7.63. The molecule has 0 aromatic carbocycles. The van der Waals surface area contributed by atoms with Gasteiger partial charge in [-0.3, -0.25) is 9.69 Å². The molecule has 0 bridgehead atoms. The highest BCUT2D eigenvalue weighted by molar-refractivity contribution is 5.76. The van der Waals surface area contributed by atoms with Gasteiger partial charge in [-0.15, -0.1) is 0 Å². The van der Waals surface area contributed by atoms with E-state index >= 15 is 0 Å². The number of ether oxygens (including phenoxy) is 1. The van der Waals surface area contributed by atoms with Crippen molar-refractivity contribution in [1.29, 1.82) is 0 Å². The molecule has 0 aliphatic heterocycles. The fourth-order valence-corrected chi connectivity index (χ4v) is 4.18. The van der Waals surface area contributed by atoms with E-state index in [2.05, 4.69) is 4.90 Å². The first-order chi connectivity index (χ1) is 10.0. The average molecular weight is 295 g/mol. The van der Waals surface area contributed by atoms with Gasteiger partial charge >= 0.3 is 5.97 Å². The highest BCUT2D eigenvalue weighted by atomic mass is 16.5. The third-order valence-electron chi connectivity index (χ3n) is 5.40. The molecule has 0 saturated heterocycles. The molecule has 0 amide bonds. The number of methoxy groups -OCH3 is 1. The molecule has 2 fully saturated rings. The predicted molar refractivity (Wildman–Crippen MR) is 86.2 cm³/mol. The minimum Gasteiger partial charge on any atom is -0.469 e. The van der Waals surface area contributed by atoms with Gasteiger partial charge in [0, 0.05) is 18.6 Å². The van der Waals surface area contributed by atoms with Crippen molar-refractivity contribution in [2.75, 3.05) is 13.7 Å². The highest BCUT2D eigenvalue weighted by Gasteiger charge is 2.37. The van der Waals surface area contributed by atoms with Crippen LogP contribution in [0.4, 0.5) is 0 Å². The summed E-state index contributed by atoms with van der Waals surface area (Å²) in [6.45, 7) is 4.93. The number of nitrogens with zero attached hydrogens (tertiary/aromatic N) is 1. The smallest absolute Gasteiger partial charge is 0.312 e. The molecule has 0 unspecified atom stereocenters. The van der Waals surface area contributed by atoms with E-state index in [-0.39, 0.29) is 5.97 Å². The Morgan fingerprint density at radius 1 is 0.952 bits per heavy atom. The summed E-state index contributed by atoms with van der Waals surface area (Å²) in [5.74, 6) is -0.0703. The average Bonchev–Trinajstić information content (AvgIpc) is 2.53. The first-order valence-electron chi connectivity index (χ1n) is 8.89. The summed E-state index contributed by atoms with van der Waals surface area (Å²) in [5, 5.41) is 0. The molecule has 2 rings (SSSR count). The first kappa shape index (κ1) is 16.8. The number of rotatable bonds is 5. The molecule has 3 nitrogen and oxygen atoms in total. The van der Waals surface area contributed by atoms with Crippen molar-refractivity contribution < 1.29 is 9.53 Å². The zero-order valence-electron chi connectivity index (χ0n) is 14.2. The van der Waals surface area contributed by atoms with Crippen LogP contribution in [0.5, 0.6) is 0 Å². The summed E-state index contributed by atoms with van der Waals surface area (Å²) in [5.41, 5.74) is -0.399. The summed E-state index contributed by atoms with van der Waals surface area (Å²) in [4.78, 5) is 14.8. The fraction of sp³-hybridized carbons (Fsp3) is 0.944. The Morgan fingerprint density at radius 2 is 1.38 bits per heavy atom. The Labute approximate surface area is 130 Å². The fourth-order valence-electron chi connectivity index (χ4n) is 4.18. The molecular weight excluding hydrogens is 262 g/mol. The third-order valence-corrected chi connectivity index (χ3v) is 5.40. The topological polar surface area (TPSA) is 29.5 Å². The quantitative estimate of drug-likeness (QED) is 0.713. The molecule has 21 heavy (non-hydrogen) atoms. The summed E-state index contributed by atoms with van der Waals surface area (Å²) >= 11 is 0. The van der Waals surface area contributed by atoms with E-state index in [1.807, 2.05) is 13.8 Å². The van der Waals surface area contributed by atoms with Crippen molar-refractivity contribution in [3.8, 4) is 0 Å². The zero-order chi connectivity index (χ0) is 15.3. The van der Waals surface area contributed by atoms with E-state index in [9.17, 15) is 4.79 Å². The molecule has 2 aliphatic carbocycles. The van der Waals surface area contributed by atoms with E-state index in [1.54, 1.807) is 0 Å². The van der Waals surface area contributed by atoms with E-state index in [1.165, 1.54) is 71.3 Å². The van der Waals surface area contributed by atoms with Crippen LogP contribution in [0.25, 0.3) is 0 Å². The maximum atomic E-state index is 12.1. The molecule has 0 radical (unpaired) electrons. The lowest BCUT2D eigenvalue weighted by Gasteiger charge is -2.44. The minimum atomic E-state index is -0.399. The van der Waals surface area contributed by atoms with E-state index in [0.29, 0.717) is 12.1 Å². The van der Waals surface area contributed by atoms with E-state index in [0.717, 1.165) is 6.54 Å². The standard InChI is InChI=1S/C18H33NO2/c1-18(2,17(20)21-3)14-19(15-10-6-4-7-11-15)16-12-8-5-9-13-16/h15-16H,4-14H2,1-3H3. The van der Waals surface area contributed by atoms with Gasteiger partial charge in [0.1, 0.15) is 0 Å². The predicted octanol–water partition coefficient (Wildman–Crippen LogP) is 4.15. The van der Waals surface area contributed by atoms with Crippen LogP contribution in [-0.2, 0) is 9.53 Å². The molecule has 0 aromatic rings. The zero-order valence-corrected chi connectivity index (χ0v) is 14.2. The van der Waals surface area contributed by atoms with Crippen LogP contribution in [0.3, 0.4) is 0 Å². The molecule has 0 atom stereocenters. The second kappa shape index (κ2) is 7.62. The van der Waals surface area contributed by atoms with Gasteiger partial charge in [0.15, 0.2) is 0 Å². The molecule has 2 saturated carbocycles. The third kappa shape index (κ3) is 4.45. The van der Waals surface area contributed by atoms with Crippen LogP contribution >= 0.6 is 0 Å². The minimum absolute atomic E-state index is 0.0703. The molecular formula is C18H33NO2. The monoisotopic (exact) mass is 295 g/mol. The SMILES string of the molecule is COC(=O)C(C)(C)CN(C1CCCCC1)C1CCCCC1. The van der Waals surface area contributed by atoms with Crippen molar-refractivity contribution >= 4 is 5.97 Å². The van der Waals surface area contributed by atoms with Gasteiger partial charge < -0.3 is 4.74 Å². The highest BCUT2D eigenvalue weighted by Crippen LogP contribution is 2.33. The van der Waals surface area contributed by atoms with Gasteiger partial charge in [-0.2, -0.15) is 0 Å². The van der Waals surface area contributed by atoms with E-state index in [4.69, 9.17) is 4.74 Å². The maximum absolute atomic E-state index is 12.1. The van der Waals surface area contributed by atoms with Gasteiger partial charge in [0.25, 0.3) is 0 Å². The number of hydrogen-bond acceptors (Lipinski definition) is 3. The Bertz CT molecular complexity index is 310. The van der Waals surface area contributed by atoms with Crippen LogP contribution in [-0.4, -0.2) is 36.6 Å². The van der Waals surface area contributed by atoms with Crippen molar-refractivity contribution in [2.24, 2.45) is 5.41 Å². The lowest BCUT2D eigenvalue weighted by molar-refractivity contribution is -0.152. The number of carbonyl (C=O) groups excluding carboxylic acids is 1. The van der Waals surface area contributed by atoms with Gasteiger partial charge in [0.2, 0.25) is 0 Å². The molecule has 0 N–H and O–H groups in total. The van der Waals surface area contributed by atoms with Gasteiger partial charge in [-0.1, -0.05) is 38.5 Å². The number of esters is 1. The number of hydrogen-bond donors (Lipinski definition) is 0. The van der Waals surface area contributed by atoms with Crippen LogP contribution in [0.1, 0.15) is 78.1 Å². The van der Waals surface area contributed by atoms with E-state index < -0.39 is 5.41 Å². The summed E-state index contributed by atoms with van der Waals surface area (Å²) < 4.78 is 5.02. The summed E-state index contributed by atoms with van der Waals surface area (Å²) in [6, 6.07) is 1.37. The first-order valence-corrected chi connectivity index (χ1v) is 8.89. The summed E-state index contributed by atoms with van der Waals surface area (Å²) in [6.07, 6.45) is 13.4. The lowest BCUT2D eigenvalue weighted by atomic mass is 9.85. The van der Waals surface area contributed by atoms with Crippen molar-refractivity contribution in [2.45, 2.75) is 90.1 Å². The lowest BCUT2D eigenvalue weighted by Crippen LogP contribution is -2.51. The molecule has 122 valence electrons. The molecule has 3 heteroatoms. The van der Waals surface area contributed by atoms with Gasteiger partial charge in [-0.05, 0) is 39.5 Å². The maximum Gasteiger partial charge on any atom is 0.312 e. The van der Waals surface area contributed by atoms with Crippen LogP contribution in [0.15, 0.2) is 0 Å². The Balaban J connectivity index is 2.08. The van der Waals surface area contributed by atoms with Crippen molar-refractivity contribution in [3.63, 3.8) is 0 Å². The van der Waals surface area contributed by atoms with Crippen molar-refractivity contribution in [1.82, 2.24) is 4.90 Å².